The van der Waals surface area contributed by atoms with Crippen molar-refractivity contribution in [2.45, 2.75) is 78.6 Å². The van der Waals surface area contributed by atoms with Crippen molar-refractivity contribution >= 4 is 45.7 Å². The average Bonchev–Trinajstić information content (AvgIpc) is 3.38. The van der Waals surface area contributed by atoms with Gasteiger partial charge in [-0.15, -0.1) is 0 Å². The second-order valence-electron chi connectivity index (χ2n) is 17.6. The summed E-state index contributed by atoms with van der Waals surface area (Å²) in [6, 6.07) is 65.4. The van der Waals surface area contributed by atoms with Crippen LogP contribution in [0, 0.1) is 0 Å². The molecule has 0 aliphatic heterocycles. The van der Waals surface area contributed by atoms with Crippen LogP contribution in [0.1, 0.15) is 108 Å². The molecule has 0 atom stereocenters. The molecule has 0 bridgehead atoms. The minimum Gasteiger partial charge on any atom is -0.311 e. The second-order valence-corrected chi connectivity index (χ2v) is 17.6. The number of unbranched alkanes of at least 4 members (excludes halogenated alkanes) is 3. The molecular formula is C62H58N2O2. The summed E-state index contributed by atoms with van der Waals surface area (Å²) in [7, 11) is 0. The molecule has 0 fully saturated rings. The molecule has 4 nitrogen and oxygen atoms in total. The number of fused-ring (bicyclic) bond motifs is 2. The van der Waals surface area contributed by atoms with E-state index in [0.29, 0.717) is 22.3 Å². The third-order valence-electron chi connectivity index (χ3n) is 13.0. The van der Waals surface area contributed by atoms with Crippen LogP contribution in [-0.4, -0.2) is 11.6 Å². The highest BCUT2D eigenvalue weighted by atomic mass is 16.1. The van der Waals surface area contributed by atoms with Crippen LogP contribution in [-0.2, 0) is 19.3 Å². The lowest BCUT2D eigenvalue weighted by Gasteiger charge is -2.26. The first-order valence-electron chi connectivity index (χ1n) is 23.9. The normalized spacial score (nSPS) is 11.9. The number of hydrogen-bond donors (Lipinski definition) is 0. The highest BCUT2D eigenvalue weighted by Gasteiger charge is 2.30. The lowest BCUT2D eigenvalue weighted by Crippen LogP contribution is -2.21. The lowest BCUT2D eigenvalue weighted by molar-refractivity contribution is 0.0979. The van der Waals surface area contributed by atoms with Gasteiger partial charge in [-0.3, -0.25) is 9.59 Å². The van der Waals surface area contributed by atoms with Crippen LogP contribution in [0.15, 0.2) is 188 Å². The largest absolute Gasteiger partial charge is 0.311 e. The summed E-state index contributed by atoms with van der Waals surface area (Å²) in [4.78, 5) is 33.0. The van der Waals surface area contributed by atoms with E-state index >= 15 is 0 Å². The summed E-state index contributed by atoms with van der Waals surface area (Å²) >= 11 is 0. The third kappa shape index (κ3) is 9.41. The molecule has 9 rings (SSSR count). The van der Waals surface area contributed by atoms with Crippen LogP contribution in [0.3, 0.4) is 0 Å². The Balaban J connectivity index is 0.957. The first-order chi connectivity index (χ1) is 32.4. The van der Waals surface area contributed by atoms with Crippen molar-refractivity contribution < 1.29 is 9.59 Å². The molecule has 8 aromatic rings. The summed E-state index contributed by atoms with van der Waals surface area (Å²) in [5.74, 6) is -0.259. The number of ketones is 2. The molecule has 0 heterocycles. The van der Waals surface area contributed by atoms with Gasteiger partial charge in [0.25, 0.3) is 0 Å². The van der Waals surface area contributed by atoms with E-state index in [-0.39, 0.29) is 11.6 Å². The molecular weight excluding hydrogens is 805 g/mol. The molecule has 0 unspecified atom stereocenters. The summed E-state index contributed by atoms with van der Waals surface area (Å²) in [5.41, 5.74) is 16.0. The zero-order valence-corrected chi connectivity index (χ0v) is 38.5. The number of para-hydroxylation sites is 1. The number of carbonyl (C=O) groups is 2. The zero-order valence-electron chi connectivity index (χ0n) is 38.5. The van der Waals surface area contributed by atoms with Crippen molar-refractivity contribution in [3.8, 4) is 22.3 Å². The van der Waals surface area contributed by atoms with Gasteiger partial charge in [0.05, 0.1) is 0 Å². The number of benzene rings is 8. The van der Waals surface area contributed by atoms with Crippen LogP contribution in [0.25, 0.3) is 22.3 Å². The van der Waals surface area contributed by atoms with Crippen molar-refractivity contribution in [1.29, 1.82) is 0 Å². The highest BCUT2D eigenvalue weighted by Crippen LogP contribution is 2.39. The van der Waals surface area contributed by atoms with Gasteiger partial charge < -0.3 is 9.80 Å². The number of anilines is 6. The van der Waals surface area contributed by atoms with Crippen molar-refractivity contribution in [3.63, 3.8) is 0 Å². The predicted molar refractivity (Wildman–Crippen MR) is 276 cm³/mol. The lowest BCUT2D eigenvalue weighted by atomic mass is 9.81. The van der Waals surface area contributed by atoms with E-state index in [2.05, 4.69) is 176 Å². The van der Waals surface area contributed by atoms with E-state index in [1.54, 1.807) is 0 Å². The van der Waals surface area contributed by atoms with E-state index in [4.69, 9.17) is 0 Å². The Hall–Kier alpha value is -7.30. The zero-order chi connectivity index (χ0) is 45.4. The standard InChI is InChI=1S/C62H58N2O2/c1-4-7-13-44-18-30-52(31-19-44)63(51-16-11-10-12-17-51)55-36-24-47(25-37-55)49-28-40-57-59(42-49)61(65)58-41-29-50(43-60(58)62(57)66)48-26-38-56(39-27-48)64(53-32-20-45(21-33-53)14-8-5-2)54-34-22-46(23-35-54)15-9-6-3/h10-12,16-43H,4-9,13-15H2,1-3H3. The van der Waals surface area contributed by atoms with E-state index in [1.165, 1.54) is 55.2 Å². The summed E-state index contributed by atoms with van der Waals surface area (Å²) < 4.78 is 0. The van der Waals surface area contributed by atoms with Gasteiger partial charge in [0, 0.05) is 56.4 Å². The minimum absolute atomic E-state index is 0.130. The molecule has 0 radical (unpaired) electrons. The SMILES string of the molecule is CCCCc1ccc(N(c2ccccc2)c2ccc(-c3ccc4c(c3)C(=O)c3ccc(-c5ccc(N(c6ccc(CCCC)cc6)c6ccc(CCCC)cc6)cc5)cc3C4=O)cc2)cc1. The highest BCUT2D eigenvalue weighted by molar-refractivity contribution is 6.29. The van der Waals surface area contributed by atoms with Gasteiger partial charge in [0.15, 0.2) is 11.6 Å². The predicted octanol–water partition coefficient (Wildman–Crippen LogP) is 16.8. The van der Waals surface area contributed by atoms with E-state index in [1.807, 2.05) is 42.5 Å². The van der Waals surface area contributed by atoms with Crippen LogP contribution in [0.5, 0.6) is 0 Å². The number of carbonyl (C=O) groups excluding carboxylic acids is 2. The molecule has 1 aliphatic rings. The van der Waals surface area contributed by atoms with E-state index < -0.39 is 0 Å². The maximum atomic E-state index is 14.2. The Morgan fingerprint density at radius 3 is 0.909 bits per heavy atom. The van der Waals surface area contributed by atoms with Gasteiger partial charge in [-0.05, 0) is 175 Å². The summed E-state index contributed by atoms with van der Waals surface area (Å²) in [6.07, 6.45) is 10.3. The van der Waals surface area contributed by atoms with Gasteiger partial charge in [-0.2, -0.15) is 0 Å². The first kappa shape index (κ1) is 43.9. The number of rotatable bonds is 17. The number of aryl methyl sites for hydroxylation is 3. The van der Waals surface area contributed by atoms with Crippen molar-refractivity contribution in [3.05, 3.63) is 227 Å². The average molecular weight is 863 g/mol. The fourth-order valence-corrected chi connectivity index (χ4v) is 9.16. The maximum absolute atomic E-state index is 14.2. The van der Waals surface area contributed by atoms with Crippen LogP contribution in [0.4, 0.5) is 34.1 Å². The van der Waals surface area contributed by atoms with Gasteiger partial charge in [0.2, 0.25) is 0 Å². The fraction of sp³-hybridized carbons (Fsp3) is 0.194. The Morgan fingerprint density at radius 2 is 0.591 bits per heavy atom. The summed E-state index contributed by atoms with van der Waals surface area (Å²) in [5, 5.41) is 0. The Bertz CT molecular complexity index is 2870. The van der Waals surface area contributed by atoms with Crippen molar-refractivity contribution in [2.24, 2.45) is 0 Å². The second kappa shape index (κ2) is 20.3. The Kier molecular flexibility index (Phi) is 13.5. The molecule has 0 amide bonds. The molecule has 0 saturated carbocycles. The fourth-order valence-electron chi connectivity index (χ4n) is 9.16. The molecule has 0 N–H and O–H groups in total. The van der Waals surface area contributed by atoms with Gasteiger partial charge in [0.1, 0.15) is 0 Å². The van der Waals surface area contributed by atoms with Gasteiger partial charge in [-0.25, -0.2) is 0 Å². The summed E-state index contributed by atoms with van der Waals surface area (Å²) in [6.45, 7) is 6.69. The molecule has 8 aromatic carbocycles. The number of nitrogens with zero attached hydrogens (tertiary/aromatic N) is 2. The van der Waals surface area contributed by atoms with Crippen molar-refractivity contribution in [2.75, 3.05) is 9.80 Å². The van der Waals surface area contributed by atoms with E-state index in [9.17, 15) is 9.59 Å². The van der Waals surface area contributed by atoms with Crippen LogP contribution >= 0.6 is 0 Å². The topological polar surface area (TPSA) is 40.6 Å². The van der Waals surface area contributed by atoms with Gasteiger partial charge in [-0.1, -0.05) is 131 Å². The van der Waals surface area contributed by atoms with Crippen LogP contribution < -0.4 is 9.80 Å². The molecule has 1 aliphatic carbocycles. The first-order valence-corrected chi connectivity index (χ1v) is 23.9. The molecule has 4 heteroatoms. The number of hydrogen-bond acceptors (Lipinski definition) is 4. The quantitative estimate of drug-likeness (QED) is 0.0914. The van der Waals surface area contributed by atoms with Gasteiger partial charge >= 0.3 is 0 Å². The third-order valence-corrected chi connectivity index (χ3v) is 13.0. The smallest absolute Gasteiger partial charge is 0.194 e. The Labute approximate surface area is 391 Å². The van der Waals surface area contributed by atoms with Crippen LogP contribution in [0.2, 0.25) is 0 Å². The minimum atomic E-state index is -0.130. The Morgan fingerprint density at radius 1 is 0.303 bits per heavy atom. The molecule has 0 spiro atoms. The molecule has 0 saturated heterocycles. The monoisotopic (exact) mass is 862 g/mol. The molecule has 66 heavy (non-hydrogen) atoms. The maximum Gasteiger partial charge on any atom is 0.194 e. The van der Waals surface area contributed by atoms with E-state index in [0.717, 1.165) is 75.6 Å². The molecule has 328 valence electrons. The molecule has 0 aromatic heterocycles. The van der Waals surface area contributed by atoms with Crippen molar-refractivity contribution in [1.82, 2.24) is 0 Å².